The summed E-state index contributed by atoms with van der Waals surface area (Å²) in [6.07, 6.45) is 1.10. The van der Waals surface area contributed by atoms with Crippen molar-refractivity contribution in [3.05, 3.63) is 65.7 Å². The summed E-state index contributed by atoms with van der Waals surface area (Å²) in [7, 11) is 2.17. The number of hydrogen-bond acceptors (Lipinski definition) is 2. The highest BCUT2D eigenvalue weighted by Gasteiger charge is 2.30. The van der Waals surface area contributed by atoms with E-state index in [1.165, 1.54) is 17.0 Å². The van der Waals surface area contributed by atoms with Gasteiger partial charge in [-0.1, -0.05) is 76.2 Å². The molecule has 0 aliphatic carbocycles. The minimum absolute atomic E-state index is 0.254. The first-order valence-electron chi connectivity index (χ1n) is 8.67. The number of nitrogens with zero attached hydrogens (tertiary/aromatic N) is 2. The Hall–Kier alpha value is -2.09. The van der Waals surface area contributed by atoms with Gasteiger partial charge < -0.3 is 4.90 Å². The van der Waals surface area contributed by atoms with E-state index in [4.69, 9.17) is 4.99 Å². The van der Waals surface area contributed by atoms with Gasteiger partial charge in [0.15, 0.2) is 0 Å². The smallest absolute Gasteiger partial charge is 0.108 e. The minimum Gasteiger partial charge on any atom is -0.352 e. The van der Waals surface area contributed by atoms with Crippen molar-refractivity contribution in [1.82, 2.24) is 4.90 Å². The monoisotopic (exact) mass is 308 g/mol. The van der Waals surface area contributed by atoms with E-state index in [9.17, 15) is 0 Å². The molecule has 0 spiro atoms. The first-order chi connectivity index (χ1) is 11.2. The third-order valence-electron chi connectivity index (χ3n) is 4.38. The molecule has 122 valence electrons. The fourth-order valence-corrected chi connectivity index (χ4v) is 3.04. The molecule has 23 heavy (non-hydrogen) atoms. The van der Waals surface area contributed by atoms with Gasteiger partial charge in [0.2, 0.25) is 0 Å². The van der Waals surface area contributed by atoms with Crippen LogP contribution in [-0.2, 0) is 0 Å². The van der Waals surface area contributed by atoms with Crippen LogP contribution < -0.4 is 0 Å². The lowest BCUT2D eigenvalue weighted by Gasteiger charge is -2.38. The number of amidine groups is 1. The molecule has 0 saturated heterocycles. The molecule has 2 nitrogen and oxygen atoms in total. The van der Waals surface area contributed by atoms with Gasteiger partial charge >= 0.3 is 0 Å². The zero-order chi connectivity index (χ0) is 16.8. The maximum atomic E-state index is 4.92. The van der Waals surface area contributed by atoms with Crippen LogP contribution in [0, 0.1) is 5.92 Å². The van der Waals surface area contributed by atoms with Gasteiger partial charge in [-0.25, -0.2) is 4.99 Å². The number of fused-ring (bicyclic) bond motifs is 1. The van der Waals surface area contributed by atoms with Gasteiger partial charge in [0.25, 0.3) is 0 Å². The van der Waals surface area contributed by atoms with Crippen LogP contribution in [0.4, 0.5) is 5.69 Å². The van der Waals surface area contributed by atoms with E-state index >= 15 is 0 Å². The molecule has 0 amide bonds. The highest BCUT2D eigenvalue weighted by Crippen LogP contribution is 2.39. The molecule has 2 heteroatoms. The van der Waals surface area contributed by atoms with Crippen LogP contribution >= 0.6 is 0 Å². The van der Waals surface area contributed by atoms with Gasteiger partial charge in [-0.15, -0.1) is 0 Å². The molecular weight excluding hydrogens is 280 g/mol. The molecule has 1 aliphatic rings. The first-order valence-corrected chi connectivity index (χ1v) is 8.67. The van der Waals surface area contributed by atoms with Crippen LogP contribution in [0.3, 0.4) is 0 Å². The van der Waals surface area contributed by atoms with E-state index in [0.717, 1.165) is 12.1 Å². The summed E-state index contributed by atoms with van der Waals surface area (Å²) >= 11 is 0. The lowest BCUT2D eigenvalue weighted by Crippen LogP contribution is -2.37. The summed E-state index contributed by atoms with van der Waals surface area (Å²) in [5.41, 5.74) is 3.72. The highest BCUT2D eigenvalue weighted by molar-refractivity contribution is 5.89. The standard InChI is InChI=1S/C19H22N2.C2H6/c1-4-14(2)19-20-17-13-9-8-12-16(17)18(21(19)3)15-10-6-5-7-11-15;1-2/h5-14,18H,4H2,1-3H3;1-2H3. The van der Waals surface area contributed by atoms with E-state index in [1.807, 2.05) is 13.8 Å². The van der Waals surface area contributed by atoms with E-state index in [-0.39, 0.29) is 6.04 Å². The van der Waals surface area contributed by atoms with Gasteiger partial charge in [-0.2, -0.15) is 0 Å². The normalized spacial score (nSPS) is 17.5. The summed E-state index contributed by atoms with van der Waals surface area (Å²) in [5, 5.41) is 0. The van der Waals surface area contributed by atoms with Crippen LogP contribution in [0.5, 0.6) is 0 Å². The van der Waals surface area contributed by atoms with Crippen LogP contribution in [-0.4, -0.2) is 17.8 Å². The SMILES string of the molecule is CC.CCC(C)C1=Nc2ccccc2C(c2ccccc2)N1C. The molecule has 2 aromatic carbocycles. The third kappa shape index (κ3) is 3.47. The first kappa shape index (κ1) is 17.3. The van der Waals surface area contributed by atoms with Crippen molar-refractivity contribution < 1.29 is 0 Å². The number of benzene rings is 2. The van der Waals surface area contributed by atoms with E-state index in [1.54, 1.807) is 0 Å². The van der Waals surface area contributed by atoms with Gasteiger partial charge in [0.1, 0.15) is 5.84 Å². The Bertz CT molecular complexity index is 646. The number of aliphatic imine (C=N–C) groups is 1. The third-order valence-corrected chi connectivity index (χ3v) is 4.38. The van der Waals surface area contributed by atoms with Crippen molar-refractivity contribution in [2.24, 2.45) is 10.9 Å². The number of hydrogen-bond donors (Lipinski definition) is 0. The molecule has 3 rings (SSSR count). The second-order valence-corrected chi connectivity index (χ2v) is 5.76. The van der Waals surface area contributed by atoms with Crippen molar-refractivity contribution in [2.75, 3.05) is 7.05 Å². The summed E-state index contributed by atoms with van der Waals surface area (Å²) in [6.45, 7) is 8.48. The fourth-order valence-electron chi connectivity index (χ4n) is 3.04. The highest BCUT2D eigenvalue weighted by atomic mass is 15.2. The molecule has 2 atom stereocenters. The average Bonchev–Trinajstić information content (AvgIpc) is 2.63. The van der Waals surface area contributed by atoms with Crippen LogP contribution in [0.25, 0.3) is 0 Å². The van der Waals surface area contributed by atoms with Crippen molar-refractivity contribution >= 4 is 11.5 Å². The topological polar surface area (TPSA) is 15.6 Å². The van der Waals surface area contributed by atoms with E-state index in [2.05, 4.69) is 80.4 Å². The van der Waals surface area contributed by atoms with E-state index < -0.39 is 0 Å². The summed E-state index contributed by atoms with van der Waals surface area (Å²) < 4.78 is 0. The largest absolute Gasteiger partial charge is 0.352 e. The van der Waals surface area contributed by atoms with Crippen molar-refractivity contribution in [3.63, 3.8) is 0 Å². The molecule has 0 radical (unpaired) electrons. The Kier molecular flexibility index (Phi) is 5.97. The lowest BCUT2D eigenvalue weighted by atomic mass is 9.92. The molecule has 2 aromatic rings. The predicted molar refractivity (Wildman–Crippen MR) is 100 cm³/mol. The van der Waals surface area contributed by atoms with Crippen molar-refractivity contribution in [2.45, 2.75) is 40.2 Å². The molecule has 0 saturated carbocycles. The Balaban J connectivity index is 0.000000924. The second-order valence-electron chi connectivity index (χ2n) is 5.76. The Morgan fingerprint density at radius 1 is 1.00 bits per heavy atom. The van der Waals surface area contributed by atoms with Gasteiger partial charge in [0.05, 0.1) is 11.7 Å². The van der Waals surface area contributed by atoms with Crippen LogP contribution in [0.15, 0.2) is 59.6 Å². The van der Waals surface area contributed by atoms with Crippen LogP contribution in [0.2, 0.25) is 0 Å². The molecule has 2 unspecified atom stereocenters. The molecular formula is C21H28N2. The zero-order valence-electron chi connectivity index (χ0n) is 15.0. The Morgan fingerprint density at radius 3 is 2.26 bits per heavy atom. The fraction of sp³-hybridized carbons (Fsp3) is 0.381. The molecule has 0 N–H and O–H groups in total. The summed E-state index contributed by atoms with van der Waals surface area (Å²) in [6, 6.07) is 19.5. The molecule has 1 heterocycles. The maximum absolute atomic E-state index is 4.92. The maximum Gasteiger partial charge on any atom is 0.108 e. The molecule has 0 fully saturated rings. The summed E-state index contributed by atoms with van der Waals surface area (Å²) in [5.74, 6) is 1.65. The predicted octanol–water partition coefficient (Wildman–Crippen LogP) is 5.82. The Morgan fingerprint density at radius 2 is 1.61 bits per heavy atom. The summed E-state index contributed by atoms with van der Waals surface area (Å²) in [4.78, 5) is 7.25. The van der Waals surface area contributed by atoms with Gasteiger partial charge in [0, 0.05) is 18.5 Å². The lowest BCUT2D eigenvalue weighted by molar-refractivity contribution is 0.395. The van der Waals surface area contributed by atoms with Gasteiger partial charge in [-0.05, 0) is 18.1 Å². The molecule has 1 aliphatic heterocycles. The average molecular weight is 308 g/mol. The Labute approximate surface area is 140 Å². The zero-order valence-corrected chi connectivity index (χ0v) is 15.0. The number of rotatable bonds is 3. The van der Waals surface area contributed by atoms with Crippen molar-refractivity contribution in [3.8, 4) is 0 Å². The quantitative estimate of drug-likeness (QED) is 0.697. The van der Waals surface area contributed by atoms with Crippen molar-refractivity contribution in [1.29, 1.82) is 0 Å². The minimum atomic E-state index is 0.254. The van der Waals surface area contributed by atoms with Gasteiger partial charge in [-0.3, -0.25) is 0 Å². The molecule has 0 aromatic heterocycles. The second kappa shape index (κ2) is 7.96. The number of para-hydroxylation sites is 1. The van der Waals surface area contributed by atoms with E-state index in [0.29, 0.717) is 5.92 Å². The molecule has 0 bridgehead atoms. The van der Waals surface area contributed by atoms with Crippen LogP contribution in [0.1, 0.15) is 51.3 Å².